The summed E-state index contributed by atoms with van der Waals surface area (Å²) in [7, 11) is 0. The van der Waals surface area contributed by atoms with E-state index in [2.05, 4.69) is 26.1 Å². The molecule has 1 aliphatic rings. The molecule has 1 aromatic rings. The van der Waals surface area contributed by atoms with Crippen LogP contribution in [0.4, 0.5) is 9.18 Å². The number of benzene rings is 1. The summed E-state index contributed by atoms with van der Waals surface area (Å²) in [5.41, 5.74) is 1.55. The van der Waals surface area contributed by atoms with Crippen LogP contribution in [0.2, 0.25) is 0 Å². The summed E-state index contributed by atoms with van der Waals surface area (Å²) in [5, 5.41) is 2.94. The Morgan fingerprint density at radius 3 is 2.83 bits per heavy atom. The molecular formula is C18H26BrFN2O2. The molecular weight excluding hydrogens is 375 g/mol. The summed E-state index contributed by atoms with van der Waals surface area (Å²) in [6.07, 6.45) is 1.56. The first-order valence-electron chi connectivity index (χ1n) is 8.30. The Hall–Kier alpha value is -1.14. The number of rotatable bonds is 3. The number of halogens is 2. The summed E-state index contributed by atoms with van der Waals surface area (Å²) >= 11 is 3.22. The number of likely N-dealkylation sites (tertiary alicyclic amines) is 1. The molecule has 1 aliphatic heterocycles. The molecule has 1 aromatic carbocycles. The van der Waals surface area contributed by atoms with Gasteiger partial charge in [0.1, 0.15) is 11.4 Å². The van der Waals surface area contributed by atoms with E-state index >= 15 is 0 Å². The van der Waals surface area contributed by atoms with Gasteiger partial charge in [0.05, 0.1) is 4.47 Å². The van der Waals surface area contributed by atoms with Crippen LogP contribution in [0, 0.1) is 12.7 Å². The Morgan fingerprint density at radius 1 is 1.46 bits per heavy atom. The van der Waals surface area contributed by atoms with Crippen LogP contribution < -0.4 is 5.32 Å². The first-order valence-corrected chi connectivity index (χ1v) is 9.10. The predicted molar refractivity (Wildman–Crippen MR) is 96.5 cm³/mol. The zero-order valence-corrected chi connectivity index (χ0v) is 16.4. The van der Waals surface area contributed by atoms with Crippen molar-refractivity contribution < 1.29 is 13.9 Å². The fraction of sp³-hybridized carbons (Fsp3) is 0.611. The van der Waals surface area contributed by atoms with Gasteiger partial charge in [-0.3, -0.25) is 4.90 Å². The molecule has 1 N–H and O–H groups in total. The van der Waals surface area contributed by atoms with Crippen molar-refractivity contribution in [1.82, 2.24) is 10.2 Å². The minimum absolute atomic E-state index is 0.0641. The van der Waals surface area contributed by atoms with Crippen molar-refractivity contribution >= 4 is 22.0 Å². The van der Waals surface area contributed by atoms with Gasteiger partial charge >= 0.3 is 6.09 Å². The molecule has 0 aliphatic carbocycles. The highest BCUT2D eigenvalue weighted by Crippen LogP contribution is 2.23. The van der Waals surface area contributed by atoms with Gasteiger partial charge in [-0.2, -0.15) is 0 Å². The number of carbonyl (C=O) groups excluding carboxylic acids is 1. The summed E-state index contributed by atoms with van der Waals surface area (Å²) in [6, 6.07) is 3.46. The van der Waals surface area contributed by atoms with E-state index < -0.39 is 5.60 Å². The minimum atomic E-state index is -0.496. The quantitative estimate of drug-likeness (QED) is 0.817. The maximum absolute atomic E-state index is 13.8. The molecule has 0 saturated carbocycles. The minimum Gasteiger partial charge on any atom is -0.444 e. The van der Waals surface area contributed by atoms with Crippen molar-refractivity contribution in [1.29, 1.82) is 0 Å². The molecule has 6 heteroatoms. The van der Waals surface area contributed by atoms with E-state index in [1.165, 1.54) is 0 Å². The van der Waals surface area contributed by atoms with Crippen molar-refractivity contribution in [2.45, 2.75) is 58.7 Å². The number of ether oxygens (including phenoxy) is 1. The molecule has 24 heavy (non-hydrogen) atoms. The molecule has 134 valence electrons. The van der Waals surface area contributed by atoms with Crippen LogP contribution in [0.15, 0.2) is 16.6 Å². The Bertz CT molecular complexity index is 601. The van der Waals surface area contributed by atoms with Crippen molar-refractivity contribution in [2.75, 3.05) is 13.1 Å². The van der Waals surface area contributed by atoms with Gasteiger partial charge in [-0.25, -0.2) is 9.18 Å². The highest BCUT2D eigenvalue weighted by atomic mass is 79.9. The summed E-state index contributed by atoms with van der Waals surface area (Å²) in [5.74, 6) is -0.240. The summed E-state index contributed by atoms with van der Waals surface area (Å²) in [4.78, 5) is 14.2. The second-order valence-corrected chi connectivity index (χ2v) is 8.27. The normalized spacial score (nSPS) is 19.2. The van der Waals surface area contributed by atoms with Crippen LogP contribution in [-0.2, 0) is 11.3 Å². The molecule has 0 radical (unpaired) electrons. The lowest BCUT2D eigenvalue weighted by atomic mass is 10.0. The highest BCUT2D eigenvalue weighted by Gasteiger charge is 2.24. The van der Waals surface area contributed by atoms with E-state index in [1.807, 2.05) is 33.8 Å². The number of amides is 1. The molecule has 2 rings (SSSR count). The van der Waals surface area contributed by atoms with E-state index in [4.69, 9.17) is 4.74 Å². The largest absolute Gasteiger partial charge is 0.444 e. The second kappa shape index (κ2) is 7.83. The third kappa shape index (κ3) is 5.74. The van der Waals surface area contributed by atoms with Crippen LogP contribution in [-0.4, -0.2) is 35.7 Å². The van der Waals surface area contributed by atoms with Gasteiger partial charge < -0.3 is 10.1 Å². The SMILES string of the molecule is Cc1cc(Br)c(F)cc1CN1CCCC(NC(=O)OC(C)(C)C)C1. The number of carbonyl (C=O) groups is 1. The second-order valence-electron chi connectivity index (χ2n) is 7.41. The van der Waals surface area contributed by atoms with Crippen molar-refractivity contribution in [3.8, 4) is 0 Å². The van der Waals surface area contributed by atoms with Gasteiger partial charge in [0, 0.05) is 19.1 Å². The fourth-order valence-electron chi connectivity index (χ4n) is 2.89. The van der Waals surface area contributed by atoms with Crippen molar-refractivity contribution in [3.63, 3.8) is 0 Å². The molecule has 1 heterocycles. The van der Waals surface area contributed by atoms with E-state index in [-0.39, 0.29) is 18.0 Å². The molecule has 1 saturated heterocycles. The first kappa shape index (κ1) is 19.2. The Morgan fingerprint density at radius 2 is 2.17 bits per heavy atom. The summed E-state index contributed by atoms with van der Waals surface area (Å²) < 4.78 is 19.6. The Kier molecular flexibility index (Phi) is 6.26. The molecule has 0 bridgehead atoms. The molecule has 0 spiro atoms. The van der Waals surface area contributed by atoms with E-state index in [0.717, 1.165) is 37.1 Å². The zero-order chi connectivity index (χ0) is 17.9. The van der Waals surface area contributed by atoms with Crippen LogP contribution in [0.25, 0.3) is 0 Å². The lowest BCUT2D eigenvalue weighted by Gasteiger charge is -2.34. The van der Waals surface area contributed by atoms with Crippen molar-refractivity contribution in [3.05, 3.63) is 33.5 Å². The average Bonchev–Trinajstić information content (AvgIpc) is 2.43. The first-order chi connectivity index (χ1) is 11.1. The topological polar surface area (TPSA) is 41.6 Å². The number of nitrogens with one attached hydrogen (secondary N) is 1. The third-order valence-electron chi connectivity index (χ3n) is 4.00. The van der Waals surface area contributed by atoms with Crippen LogP contribution >= 0.6 is 15.9 Å². The van der Waals surface area contributed by atoms with E-state index in [9.17, 15) is 9.18 Å². The van der Waals surface area contributed by atoms with Gasteiger partial charge in [0.25, 0.3) is 0 Å². The van der Waals surface area contributed by atoms with Gasteiger partial charge in [0.15, 0.2) is 0 Å². The van der Waals surface area contributed by atoms with Crippen molar-refractivity contribution in [2.24, 2.45) is 0 Å². The molecule has 1 unspecified atom stereocenters. The standard InChI is InChI=1S/C18H26BrFN2O2/c1-12-8-15(19)16(20)9-13(12)10-22-7-5-6-14(11-22)21-17(23)24-18(2,3)4/h8-9,14H,5-7,10-11H2,1-4H3,(H,21,23). The molecule has 1 atom stereocenters. The fourth-order valence-corrected chi connectivity index (χ4v) is 3.35. The van der Waals surface area contributed by atoms with Gasteiger partial charge in [-0.05, 0) is 86.3 Å². The molecule has 1 amide bonds. The van der Waals surface area contributed by atoms with Gasteiger partial charge in [0.2, 0.25) is 0 Å². The molecule has 4 nitrogen and oxygen atoms in total. The average molecular weight is 401 g/mol. The number of alkyl carbamates (subject to hydrolysis) is 1. The Labute approximate surface area is 151 Å². The smallest absolute Gasteiger partial charge is 0.407 e. The highest BCUT2D eigenvalue weighted by molar-refractivity contribution is 9.10. The van der Waals surface area contributed by atoms with Gasteiger partial charge in [-0.1, -0.05) is 0 Å². The number of nitrogens with zero attached hydrogens (tertiary/aromatic N) is 1. The zero-order valence-electron chi connectivity index (χ0n) is 14.8. The van der Waals surface area contributed by atoms with Crippen LogP contribution in [0.3, 0.4) is 0 Å². The van der Waals surface area contributed by atoms with Crippen LogP contribution in [0.1, 0.15) is 44.7 Å². The number of aryl methyl sites for hydroxylation is 1. The maximum Gasteiger partial charge on any atom is 0.407 e. The van der Waals surface area contributed by atoms with Crippen LogP contribution in [0.5, 0.6) is 0 Å². The lowest BCUT2D eigenvalue weighted by molar-refractivity contribution is 0.0470. The number of hydrogen-bond donors (Lipinski definition) is 1. The number of hydrogen-bond acceptors (Lipinski definition) is 3. The maximum atomic E-state index is 13.8. The summed E-state index contributed by atoms with van der Waals surface area (Å²) in [6.45, 7) is 9.92. The van der Waals surface area contributed by atoms with E-state index in [1.54, 1.807) is 6.07 Å². The predicted octanol–water partition coefficient (Wildman–Crippen LogP) is 4.39. The molecule has 0 aromatic heterocycles. The monoisotopic (exact) mass is 400 g/mol. The Balaban J connectivity index is 1.94. The lowest BCUT2D eigenvalue weighted by Crippen LogP contribution is -2.48. The van der Waals surface area contributed by atoms with Gasteiger partial charge in [-0.15, -0.1) is 0 Å². The number of piperidine rings is 1. The molecule has 1 fully saturated rings. The van der Waals surface area contributed by atoms with E-state index in [0.29, 0.717) is 11.0 Å². The third-order valence-corrected chi connectivity index (χ3v) is 4.61.